The van der Waals surface area contributed by atoms with Crippen molar-refractivity contribution < 1.29 is 9.84 Å². The number of nitrogens with one attached hydrogen (secondary N) is 1. The lowest BCUT2D eigenvalue weighted by Gasteiger charge is -2.12. The standard InChI is InChI=1S/C11H16N2O2/c1-7-5-9(11(12)13)6-8(2)10(7)15-4-3-14/h5-6,14H,3-4H2,1-2H3,(H3,12,13). The highest BCUT2D eigenvalue weighted by Gasteiger charge is 2.07. The van der Waals surface area contributed by atoms with Crippen LogP contribution in [0.15, 0.2) is 12.1 Å². The first kappa shape index (κ1) is 11.5. The van der Waals surface area contributed by atoms with Crippen molar-refractivity contribution in [2.45, 2.75) is 13.8 Å². The van der Waals surface area contributed by atoms with Gasteiger partial charge in [-0.3, -0.25) is 5.41 Å². The first-order valence-corrected chi connectivity index (χ1v) is 4.75. The van der Waals surface area contributed by atoms with Crippen LogP contribution in [-0.4, -0.2) is 24.2 Å². The lowest BCUT2D eigenvalue weighted by atomic mass is 10.1. The molecule has 0 aliphatic carbocycles. The maximum absolute atomic E-state index is 8.67. The summed E-state index contributed by atoms with van der Waals surface area (Å²) in [5.41, 5.74) is 7.95. The molecular formula is C11H16N2O2. The summed E-state index contributed by atoms with van der Waals surface area (Å²) >= 11 is 0. The zero-order valence-corrected chi connectivity index (χ0v) is 9.00. The van der Waals surface area contributed by atoms with Gasteiger partial charge in [0.2, 0.25) is 0 Å². The van der Waals surface area contributed by atoms with Gasteiger partial charge in [-0.15, -0.1) is 0 Å². The lowest BCUT2D eigenvalue weighted by molar-refractivity contribution is 0.200. The molecular weight excluding hydrogens is 192 g/mol. The Morgan fingerprint density at radius 1 is 1.40 bits per heavy atom. The highest BCUT2D eigenvalue weighted by atomic mass is 16.5. The molecule has 0 saturated heterocycles. The number of nitrogens with two attached hydrogens (primary N) is 1. The molecule has 0 radical (unpaired) electrons. The molecule has 0 saturated carbocycles. The number of ether oxygens (including phenoxy) is 1. The Morgan fingerprint density at radius 2 is 1.93 bits per heavy atom. The van der Waals surface area contributed by atoms with Gasteiger partial charge in [0.15, 0.2) is 0 Å². The van der Waals surface area contributed by atoms with Gasteiger partial charge >= 0.3 is 0 Å². The van der Waals surface area contributed by atoms with Crippen molar-refractivity contribution in [3.05, 3.63) is 28.8 Å². The van der Waals surface area contributed by atoms with Crippen LogP contribution in [0.3, 0.4) is 0 Å². The van der Waals surface area contributed by atoms with Crippen LogP contribution in [0.4, 0.5) is 0 Å². The zero-order chi connectivity index (χ0) is 11.4. The van der Waals surface area contributed by atoms with Crippen LogP contribution in [0.1, 0.15) is 16.7 Å². The molecule has 1 aromatic carbocycles. The Labute approximate surface area is 89.2 Å². The molecule has 15 heavy (non-hydrogen) atoms. The summed E-state index contributed by atoms with van der Waals surface area (Å²) in [6.07, 6.45) is 0. The molecule has 0 aliphatic rings. The summed E-state index contributed by atoms with van der Waals surface area (Å²) in [4.78, 5) is 0. The quantitative estimate of drug-likeness (QED) is 0.509. The number of benzene rings is 1. The third kappa shape index (κ3) is 2.70. The Balaban J connectivity index is 3.04. The Hall–Kier alpha value is -1.55. The first-order valence-electron chi connectivity index (χ1n) is 4.75. The molecule has 4 N–H and O–H groups in total. The minimum atomic E-state index is -0.00661. The topological polar surface area (TPSA) is 79.3 Å². The van der Waals surface area contributed by atoms with Crippen LogP contribution < -0.4 is 10.5 Å². The van der Waals surface area contributed by atoms with Crippen molar-refractivity contribution in [2.24, 2.45) is 5.73 Å². The fourth-order valence-corrected chi connectivity index (χ4v) is 1.48. The summed E-state index contributed by atoms with van der Waals surface area (Å²) in [6, 6.07) is 3.62. The zero-order valence-electron chi connectivity index (χ0n) is 9.00. The van der Waals surface area contributed by atoms with Gasteiger partial charge in [-0.25, -0.2) is 0 Å². The normalized spacial score (nSPS) is 10.1. The van der Waals surface area contributed by atoms with Crippen molar-refractivity contribution >= 4 is 5.84 Å². The van der Waals surface area contributed by atoms with E-state index in [9.17, 15) is 0 Å². The predicted octanol–water partition coefficient (Wildman–Crippen LogP) is 0.959. The van der Waals surface area contributed by atoms with E-state index in [2.05, 4.69) is 0 Å². The minimum absolute atomic E-state index is 0.00661. The Kier molecular flexibility index (Phi) is 3.68. The fourth-order valence-electron chi connectivity index (χ4n) is 1.48. The van der Waals surface area contributed by atoms with Crippen LogP contribution in [0, 0.1) is 19.3 Å². The number of nitrogen functional groups attached to an aromatic ring is 1. The molecule has 82 valence electrons. The molecule has 0 amide bonds. The molecule has 4 heteroatoms. The van der Waals surface area contributed by atoms with E-state index in [-0.39, 0.29) is 19.0 Å². The highest BCUT2D eigenvalue weighted by Crippen LogP contribution is 2.24. The van der Waals surface area contributed by atoms with E-state index >= 15 is 0 Å². The van der Waals surface area contributed by atoms with E-state index in [1.807, 2.05) is 26.0 Å². The molecule has 0 aromatic heterocycles. The van der Waals surface area contributed by atoms with Crippen LogP contribution in [-0.2, 0) is 0 Å². The summed E-state index contributed by atoms with van der Waals surface area (Å²) in [5.74, 6) is 0.809. The molecule has 1 aromatic rings. The largest absolute Gasteiger partial charge is 0.491 e. The van der Waals surface area contributed by atoms with E-state index < -0.39 is 0 Å². The molecule has 0 bridgehead atoms. The minimum Gasteiger partial charge on any atom is -0.491 e. The van der Waals surface area contributed by atoms with E-state index in [1.54, 1.807) is 0 Å². The van der Waals surface area contributed by atoms with E-state index in [0.717, 1.165) is 16.9 Å². The maximum atomic E-state index is 8.67. The number of amidine groups is 1. The molecule has 0 aliphatic heterocycles. The fraction of sp³-hybridized carbons (Fsp3) is 0.364. The van der Waals surface area contributed by atoms with Crippen molar-refractivity contribution in [2.75, 3.05) is 13.2 Å². The summed E-state index contributed by atoms with van der Waals surface area (Å²) in [6.45, 7) is 4.06. The van der Waals surface area contributed by atoms with Crippen LogP contribution in [0.2, 0.25) is 0 Å². The Bertz CT molecular complexity index is 352. The van der Waals surface area contributed by atoms with Gasteiger partial charge in [-0.1, -0.05) is 0 Å². The van der Waals surface area contributed by atoms with Crippen LogP contribution in [0.5, 0.6) is 5.75 Å². The van der Waals surface area contributed by atoms with Gasteiger partial charge in [-0.2, -0.15) is 0 Å². The van der Waals surface area contributed by atoms with Gasteiger partial charge in [0.05, 0.1) is 6.61 Å². The number of aliphatic hydroxyl groups is 1. The number of rotatable bonds is 4. The van der Waals surface area contributed by atoms with Crippen molar-refractivity contribution in [3.63, 3.8) is 0 Å². The molecule has 0 atom stereocenters. The van der Waals surface area contributed by atoms with Gasteiger partial charge in [-0.05, 0) is 37.1 Å². The summed E-state index contributed by atoms with van der Waals surface area (Å²) in [7, 11) is 0. The van der Waals surface area contributed by atoms with Crippen LogP contribution in [0.25, 0.3) is 0 Å². The SMILES string of the molecule is Cc1cc(C(=N)N)cc(C)c1OCCO. The second kappa shape index (κ2) is 4.79. The lowest BCUT2D eigenvalue weighted by Crippen LogP contribution is -2.12. The van der Waals surface area contributed by atoms with Gasteiger partial charge in [0.1, 0.15) is 18.2 Å². The monoisotopic (exact) mass is 208 g/mol. The van der Waals surface area contributed by atoms with E-state index in [0.29, 0.717) is 5.56 Å². The summed E-state index contributed by atoms with van der Waals surface area (Å²) in [5, 5.41) is 16.0. The smallest absolute Gasteiger partial charge is 0.125 e. The van der Waals surface area contributed by atoms with Crippen LogP contribution >= 0.6 is 0 Å². The number of hydrogen-bond acceptors (Lipinski definition) is 3. The molecule has 0 unspecified atom stereocenters. The predicted molar refractivity (Wildman–Crippen MR) is 59.5 cm³/mol. The summed E-state index contributed by atoms with van der Waals surface area (Å²) < 4.78 is 5.39. The van der Waals surface area contributed by atoms with E-state index in [1.165, 1.54) is 0 Å². The average molecular weight is 208 g/mol. The molecule has 0 spiro atoms. The number of aryl methyl sites for hydroxylation is 2. The van der Waals surface area contributed by atoms with Gasteiger partial charge < -0.3 is 15.6 Å². The van der Waals surface area contributed by atoms with Gasteiger partial charge in [0.25, 0.3) is 0 Å². The maximum Gasteiger partial charge on any atom is 0.125 e. The Morgan fingerprint density at radius 3 is 2.33 bits per heavy atom. The molecule has 0 heterocycles. The van der Waals surface area contributed by atoms with Crippen molar-refractivity contribution in [3.8, 4) is 5.75 Å². The van der Waals surface area contributed by atoms with Crippen molar-refractivity contribution in [1.82, 2.24) is 0 Å². The molecule has 1 rings (SSSR count). The second-order valence-corrected chi connectivity index (χ2v) is 3.42. The second-order valence-electron chi connectivity index (χ2n) is 3.42. The first-order chi connectivity index (χ1) is 7.06. The van der Waals surface area contributed by atoms with Gasteiger partial charge in [0, 0.05) is 5.56 Å². The number of hydrogen-bond donors (Lipinski definition) is 3. The van der Waals surface area contributed by atoms with E-state index in [4.69, 9.17) is 21.0 Å². The average Bonchev–Trinajstić information content (AvgIpc) is 2.16. The third-order valence-electron chi connectivity index (χ3n) is 2.11. The molecule has 0 fully saturated rings. The number of aliphatic hydroxyl groups excluding tert-OH is 1. The highest BCUT2D eigenvalue weighted by molar-refractivity contribution is 5.95. The third-order valence-corrected chi connectivity index (χ3v) is 2.11. The molecule has 4 nitrogen and oxygen atoms in total. The van der Waals surface area contributed by atoms with Crippen molar-refractivity contribution in [1.29, 1.82) is 5.41 Å².